The maximum Gasteiger partial charge on any atom is 0.408 e. The molecule has 0 aliphatic heterocycles. The molecule has 50 heavy (non-hydrogen) atoms. The van der Waals surface area contributed by atoms with Gasteiger partial charge in [0.05, 0.1) is 0 Å². The van der Waals surface area contributed by atoms with Crippen LogP contribution in [0.25, 0.3) is 0 Å². The molecule has 0 aromatic heterocycles. The van der Waals surface area contributed by atoms with Gasteiger partial charge in [0.1, 0.15) is 29.3 Å². The van der Waals surface area contributed by atoms with Crippen molar-refractivity contribution >= 4 is 23.9 Å². The quantitative estimate of drug-likeness (QED) is 0.174. The van der Waals surface area contributed by atoms with E-state index in [1.165, 1.54) is 0 Å². The van der Waals surface area contributed by atoms with Crippen LogP contribution in [0.1, 0.15) is 95.2 Å². The summed E-state index contributed by atoms with van der Waals surface area (Å²) in [7, 11) is 0. The first-order chi connectivity index (χ1) is 23.5. The lowest BCUT2D eigenvalue weighted by Crippen LogP contribution is -2.55. The molecular weight excluding hydrogens is 630 g/mol. The second-order valence-electron chi connectivity index (χ2n) is 14.8. The summed E-state index contributed by atoms with van der Waals surface area (Å²) in [6.07, 6.45) is 0.993. The molecule has 2 N–H and O–H groups in total. The molecule has 9 heteroatoms. The highest BCUT2D eigenvalue weighted by atomic mass is 16.6. The fraction of sp³-hybridized carbons (Fsp3) is 0.463. The smallest absolute Gasteiger partial charge is 0.408 e. The monoisotopic (exact) mass is 685 g/mol. The number of hydrogen-bond acceptors (Lipinski definition) is 6. The fourth-order valence-electron chi connectivity index (χ4n) is 5.57. The third kappa shape index (κ3) is 12.7. The van der Waals surface area contributed by atoms with Crippen molar-refractivity contribution in [2.45, 2.75) is 117 Å². The molecule has 0 aliphatic rings. The largest absolute Gasteiger partial charge is 0.458 e. The van der Waals surface area contributed by atoms with Gasteiger partial charge in [-0.2, -0.15) is 0 Å². The van der Waals surface area contributed by atoms with Gasteiger partial charge in [0.15, 0.2) is 0 Å². The van der Waals surface area contributed by atoms with Crippen LogP contribution in [0.4, 0.5) is 4.79 Å². The molecule has 3 amide bonds. The molecule has 270 valence electrons. The Morgan fingerprint density at radius 3 is 1.78 bits per heavy atom. The molecule has 0 saturated heterocycles. The molecule has 3 unspecified atom stereocenters. The number of benzene rings is 3. The minimum absolute atomic E-state index is 0.178. The second-order valence-corrected chi connectivity index (χ2v) is 14.8. The number of nitrogens with zero attached hydrogens (tertiary/aromatic N) is 1. The van der Waals surface area contributed by atoms with Gasteiger partial charge < -0.3 is 25.0 Å². The Morgan fingerprint density at radius 1 is 0.720 bits per heavy atom. The van der Waals surface area contributed by atoms with E-state index < -0.39 is 53.2 Å². The first-order valence-electron chi connectivity index (χ1n) is 17.5. The zero-order valence-electron chi connectivity index (χ0n) is 31.2. The Kier molecular flexibility index (Phi) is 14.2. The molecule has 0 aliphatic carbocycles. The average molecular weight is 686 g/mol. The SMILES string of the molecule is CCCCN(C(=O)C(Cc1ccccc1)NC(=O)OC(C)(C)C)C(C(=O)NC(Cc1ccccc1)C(=O)OC(C)(C)C)c1cc(C)ccc1C. The summed E-state index contributed by atoms with van der Waals surface area (Å²) in [5.74, 6) is -1.54. The van der Waals surface area contributed by atoms with E-state index >= 15 is 0 Å². The number of nitrogens with one attached hydrogen (secondary N) is 2. The summed E-state index contributed by atoms with van der Waals surface area (Å²) in [5, 5.41) is 5.80. The van der Waals surface area contributed by atoms with Gasteiger partial charge in [0.2, 0.25) is 11.8 Å². The number of esters is 1. The fourth-order valence-corrected chi connectivity index (χ4v) is 5.57. The van der Waals surface area contributed by atoms with E-state index in [-0.39, 0.29) is 19.4 Å². The van der Waals surface area contributed by atoms with Crippen LogP contribution in [0.5, 0.6) is 0 Å². The van der Waals surface area contributed by atoms with Crippen LogP contribution >= 0.6 is 0 Å². The average Bonchev–Trinajstić information content (AvgIpc) is 3.02. The van der Waals surface area contributed by atoms with Crippen LogP contribution in [0.15, 0.2) is 78.9 Å². The lowest BCUT2D eigenvalue weighted by atomic mass is 9.94. The Morgan fingerprint density at radius 2 is 1.26 bits per heavy atom. The number of alkyl carbamates (subject to hydrolysis) is 1. The van der Waals surface area contributed by atoms with Gasteiger partial charge >= 0.3 is 12.1 Å². The van der Waals surface area contributed by atoms with Gasteiger partial charge in [-0.3, -0.25) is 9.59 Å². The molecule has 0 spiro atoms. The molecule has 9 nitrogen and oxygen atoms in total. The van der Waals surface area contributed by atoms with Gasteiger partial charge in [-0.25, -0.2) is 9.59 Å². The lowest BCUT2D eigenvalue weighted by molar-refractivity contribution is -0.159. The third-order valence-electron chi connectivity index (χ3n) is 7.89. The van der Waals surface area contributed by atoms with E-state index in [2.05, 4.69) is 10.6 Å². The number of unbranched alkanes of at least 4 members (excludes halogenated alkanes) is 1. The number of amides is 3. The van der Waals surface area contributed by atoms with Crippen LogP contribution < -0.4 is 10.6 Å². The van der Waals surface area contributed by atoms with Crippen molar-refractivity contribution in [2.75, 3.05) is 6.54 Å². The second kappa shape index (κ2) is 17.8. The minimum atomic E-state index is -1.12. The van der Waals surface area contributed by atoms with Crippen molar-refractivity contribution < 1.29 is 28.7 Å². The Labute approximate surface area is 298 Å². The Balaban J connectivity index is 2.14. The molecule has 0 fully saturated rings. The van der Waals surface area contributed by atoms with Crippen LogP contribution in [0.3, 0.4) is 0 Å². The van der Waals surface area contributed by atoms with Gasteiger partial charge in [-0.15, -0.1) is 0 Å². The van der Waals surface area contributed by atoms with Gasteiger partial charge in [0, 0.05) is 19.4 Å². The normalized spacial score (nSPS) is 13.4. The number of carbonyl (C=O) groups is 4. The molecule has 0 radical (unpaired) electrons. The van der Waals surface area contributed by atoms with Crippen molar-refractivity contribution in [3.05, 3.63) is 107 Å². The number of ether oxygens (including phenoxy) is 2. The predicted molar refractivity (Wildman–Crippen MR) is 197 cm³/mol. The number of hydrogen-bond donors (Lipinski definition) is 2. The molecule has 0 heterocycles. The summed E-state index contributed by atoms with van der Waals surface area (Å²) in [6, 6.07) is 21.4. The van der Waals surface area contributed by atoms with Crippen molar-refractivity contribution in [1.29, 1.82) is 0 Å². The highest BCUT2D eigenvalue weighted by molar-refractivity contribution is 5.94. The summed E-state index contributed by atoms with van der Waals surface area (Å²) in [5.41, 5.74) is 2.44. The topological polar surface area (TPSA) is 114 Å². The molecule has 0 bridgehead atoms. The van der Waals surface area contributed by atoms with Crippen molar-refractivity contribution in [3.8, 4) is 0 Å². The van der Waals surface area contributed by atoms with Crippen LogP contribution in [0.2, 0.25) is 0 Å². The molecule has 3 aromatic rings. The number of rotatable bonds is 14. The number of carbonyl (C=O) groups excluding carboxylic acids is 4. The third-order valence-corrected chi connectivity index (χ3v) is 7.89. The first kappa shape index (κ1) is 39.8. The summed E-state index contributed by atoms with van der Waals surface area (Å²) in [6.45, 7) is 16.7. The molecule has 0 saturated carbocycles. The molecule has 3 aromatic carbocycles. The summed E-state index contributed by atoms with van der Waals surface area (Å²) < 4.78 is 11.3. The van der Waals surface area contributed by atoms with Crippen molar-refractivity contribution in [3.63, 3.8) is 0 Å². The van der Waals surface area contributed by atoms with Gasteiger partial charge in [0.25, 0.3) is 0 Å². The van der Waals surface area contributed by atoms with Crippen LogP contribution in [0, 0.1) is 13.8 Å². The Bertz CT molecular complexity index is 1580. The van der Waals surface area contributed by atoms with Crippen LogP contribution in [-0.2, 0) is 36.7 Å². The van der Waals surface area contributed by atoms with E-state index in [4.69, 9.17) is 9.47 Å². The lowest BCUT2D eigenvalue weighted by Gasteiger charge is -2.36. The standard InChI is InChI=1S/C41H55N3O6/c1-10-11-24-44(37(46)33(26-30-18-14-12-15-19-30)43-39(48)50-41(7,8)9)35(32-25-28(2)22-23-29(32)3)36(45)42-34(38(47)49-40(4,5)6)27-31-20-16-13-17-21-31/h12-23,25,33-35H,10-11,24,26-27H2,1-9H3,(H,42,45)(H,43,48). The van der Waals surface area contributed by atoms with E-state index in [9.17, 15) is 19.2 Å². The van der Waals surface area contributed by atoms with E-state index in [1.54, 1.807) is 46.4 Å². The van der Waals surface area contributed by atoms with Gasteiger partial charge in [-0.1, -0.05) is 97.8 Å². The maximum atomic E-state index is 14.9. The Hall–Kier alpha value is -4.66. The van der Waals surface area contributed by atoms with Crippen molar-refractivity contribution in [1.82, 2.24) is 15.5 Å². The minimum Gasteiger partial charge on any atom is -0.458 e. The highest BCUT2D eigenvalue weighted by Crippen LogP contribution is 2.28. The summed E-state index contributed by atoms with van der Waals surface area (Å²) in [4.78, 5) is 57.9. The van der Waals surface area contributed by atoms with E-state index in [1.807, 2.05) is 99.6 Å². The zero-order chi connectivity index (χ0) is 37.1. The predicted octanol–water partition coefficient (Wildman–Crippen LogP) is 7.18. The summed E-state index contributed by atoms with van der Waals surface area (Å²) >= 11 is 0. The number of aryl methyl sites for hydroxylation is 2. The van der Waals surface area contributed by atoms with E-state index in [0.29, 0.717) is 12.0 Å². The van der Waals surface area contributed by atoms with Crippen LogP contribution in [-0.4, -0.2) is 58.6 Å². The van der Waals surface area contributed by atoms with Crippen molar-refractivity contribution in [2.24, 2.45) is 0 Å². The molecule has 3 atom stereocenters. The molecule has 3 rings (SSSR count). The van der Waals surface area contributed by atoms with E-state index in [0.717, 1.165) is 28.7 Å². The highest BCUT2D eigenvalue weighted by Gasteiger charge is 2.39. The first-order valence-corrected chi connectivity index (χ1v) is 17.5. The molecular formula is C41H55N3O6. The van der Waals surface area contributed by atoms with Gasteiger partial charge in [-0.05, 0) is 84.1 Å². The maximum absolute atomic E-state index is 14.9. The zero-order valence-corrected chi connectivity index (χ0v) is 31.2.